The maximum atomic E-state index is 13.5. The number of hydrogen-bond acceptors (Lipinski definition) is 6. The number of sulfonamides is 1. The SMILES string of the molecule is Cc1nc(-c2ccc(Cl)c(S(=O)(=O)N3CCC[C@@H](C(=O)N4CCc5ccccc54)C3)c2)no1. The summed E-state index contributed by atoms with van der Waals surface area (Å²) < 4.78 is 33.5. The van der Waals surface area contributed by atoms with Crippen LogP contribution in [0.2, 0.25) is 5.02 Å². The van der Waals surface area contributed by atoms with Crippen molar-refractivity contribution in [3.8, 4) is 11.4 Å². The Morgan fingerprint density at radius 2 is 2.00 bits per heavy atom. The normalized spacial score (nSPS) is 19.0. The van der Waals surface area contributed by atoms with Gasteiger partial charge in [0.25, 0.3) is 0 Å². The van der Waals surface area contributed by atoms with Gasteiger partial charge in [-0.15, -0.1) is 0 Å². The van der Waals surface area contributed by atoms with Crippen molar-refractivity contribution in [2.24, 2.45) is 5.92 Å². The van der Waals surface area contributed by atoms with Crippen LogP contribution in [0.4, 0.5) is 5.69 Å². The molecule has 1 aromatic heterocycles. The monoisotopic (exact) mass is 486 g/mol. The minimum Gasteiger partial charge on any atom is -0.339 e. The van der Waals surface area contributed by atoms with Crippen molar-refractivity contribution in [3.63, 3.8) is 0 Å². The fraction of sp³-hybridized carbons (Fsp3) is 0.348. The fourth-order valence-corrected chi connectivity index (χ4v) is 6.57. The summed E-state index contributed by atoms with van der Waals surface area (Å²) in [5.74, 6) is 0.244. The molecule has 33 heavy (non-hydrogen) atoms. The Labute approximate surface area is 197 Å². The second kappa shape index (κ2) is 8.55. The van der Waals surface area contributed by atoms with Gasteiger partial charge in [0.15, 0.2) is 0 Å². The number of piperidine rings is 1. The molecule has 3 heterocycles. The first kappa shape index (κ1) is 22.1. The largest absolute Gasteiger partial charge is 0.339 e. The van der Waals surface area contributed by atoms with E-state index in [1.165, 1.54) is 16.4 Å². The second-order valence-electron chi connectivity index (χ2n) is 8.35. The van der Waals surface area contributed by atoms with Gasteiger partial charge in [-0.3, -0.25) is 4.79 Å². The first-order chi connectivity index (χ1) is 15.8. The van der Waals surface area contributed by atoms with E-state index in [2.05, 4.69) is 10.1 Å². The minimum atomic E-state index is -3.92. The van der Waals surface area contributed by atoms with Crippen LogP contribution in [0.25, 0.3) is 11.4 Å². The van der Waals surface area contributed by atoms with E-state index in [9.17, 15) is 13.2 Å². The van der Waals surface area contributed by atoms with Crippen molar-refractivity contribution >= 4 is 33.2 Å². The van der Waals surface area contributed by atoms with Crippen molar-refractivity contribution in [2.75, 3.05) is 24.5 Å². The number of rotatable bonds is 4. The summed E-state index contributed by atoms with van der Waals surface area (Å²) in [5, 5.41) is 3.97. The van der Waals surface area contributed by atoms with E-state index in [0.29, 0.717) is 43.2 Å². The summed E-state index contributed by atoms with van der Waals surface area (Å²) in [5.41, 5.74) is 2.56. The van der Waals surface area contributed by atoms with E-state index < -0.39 is 15.9 Å². The first-order valence-electron chi connectivity index (χ1n) is 10.8. The van der Waals surface area contributed by atoms with Crippen molar-refractivity contribution in [1.29, 1.82) is 0 Å². The van der Waals surface area contributed by atoms with E-state index in [1.807, 2.05) is 24.3 Å². The molecule has 8 nitrogen and oxygen atoms in total. The van der Waals surface area contributed by atoms with Crippen molar-refractivity contribution in [2.45, 2.75) is 31.1 Å². The molecule has 172 valence electrons. The molecular formula is C23H23ClN4O4S. The number of anilines is 1. The van der Waals surface area contributed by atoms with E-state index in [4.69, 9.17) is 16.1 Å². The lowest BCUT2D eigenvalue weighted by atomic mass is 9.98. The van der Waals surface area contributed by atoms with Gasteiger partial charge in [-0.2, -0.15) is 9.29 Å². The third-order valence-corrected chi connectivity index (χ3v) is 8.57. The molecule has 1 amide bonds. The number of carbonyl (C=O) groups excluding carboxylic acids is 1. The lowest BCUT2D eigenvalue weighted by Gasteiger charge is -2.33. The van der Waals surface area contributed by atoms with Crippen LogP contribution in [0.3, 0.4) is 0 Å². The average Bonchev–Trinajstić information content (AvgIpc) is 3.45. The van der Waals surface area contributed by atoms with E-state index in [-0.39, 0.29) is 22.4 Å². The quantitative estimate of drug-likeness (QED) is 0.558. The third kappa shape index (κ3) is 4.05. The maximum absolute atomic E-state index is 13.5. The summed E-state index contributed by atoms with van der Waals surface area (Å²) >= 11 is 6.31. The number of fused-ring (bicyclic) bond motifs is 1. The van der Waals surface area contributed by atoms with Crippen LogP contribution in [-0.4, -0.2) is 48.4 Å². The maximum Gasteiger partial charge on any atom is 0.244 e. The molecule has 0 N–H and O–H groups in total. The molecule has 2 aliphatic heterocycles. The highest BCUT2D eigenvalue weighted by molar-refractivity contribution is 7.89. The summed E-state index contributed by atoms with van der Waals surface area (Å²) in [7, 11) is -3.92. The molecule has 1 fully saturated rings. The van der Waals surface area contributed by atoms with Gasteiger partial charge in [0.05, 0.1) is 10.9 Å². The number of nitrogens with zero attached hydrogens (tertiary/aromatic N) is 4. The molecule has 10 heteroatoms. The standard InChI is InChI=1S/C23H23ClN4O4S/c1-15-25-22(26-32-15)17-8-9-19(24)21(13-17)33(30,31)27-11-4-6-18(14-27)23(29)28-12-10-16-5-2-3-7-20(16)28/h2-3,5,7-9,13,18H,4,6,10-12,14H2,1H3/t18-/m1/s1. The highest BCUT2D eigenvalue weighted by atomic mass is 35.5. The van der Waals surface area contributed by atoms with Crippen LogP contribution in [-0.2, 0) is 21.2 Å². The Morgan fingerprint density at radius 3 is 2.79 bits per heavy atom. The zero-order valence-corrected chi connectivity index (χ0v) is 19.6. The summed E-state index contributed by atoms with van der Waals surface area (Å²) in [4.78, 5) is 19.3. The van der Waals surface area contributed by atoms with E-state index >= 15 is 0 Å². The van der Waals surface area contributed by atoms with Gasteiger partial charge in [0.2, 0.25) is 27.6 Å². The smallest absolute Gasteiger partial charge is 0.244 e. The molecule has 1 saturated heterocycles. The number of benzene rings is 2. The van der Waals surface area contributed by atoms with Crippen LogP contribution in [0.5, 0.6) is 0 Å². The molecule has 0 unspecified atom stereocenters. The highest BCUT2D eigenvalue weighted by Gasteiger charge is 2.37. The molecule has 1 atom stereocenters. The van der Waals surface area contributed by atoms with Crippen LogP contribution in [0.15, 0.2) is 51.9 Å². The number of para-hydroxylation sites is 1. The fourth-order valence-electron chi connectivity index (χ4n) is 4.55. The topological polar surface area (TPSA) is 96.6 Å². The van der Waals surface area contributed by atoms with Gasteiger partial charge >= 0.3 is 0 Å². The van der Waals surface area contributed by atoms with Crippen LogP contribution >= 0.6 is 11.6 Å². The molecule has 3 aromatic rings. The number of aryl methyl sites for hydroxylation is 1. The molecular weight excluding hydrogens is 464 g/mol. The molecule has 0 bridgehead atoms. The number of halogens is 1. The predicted molar refractivity (Wildman–Crippen MR) is 123 cm³/mol. The Kier molecular flexibility index (Phi) is 5.72. The van der Waals surface area contributed by atoms with Crippen LogP contribution in [0, 0.1) is 12.8 Å². The lowest BCUT2D eigenvalue weighted by Crippen LogP contribution is -2.46. The number of amides is 1. The Morgan fingerprint density at radius 1 is 1.18 bits per heavy atom. The van der Waals surface area contributed by atoms with E-state index in [1.54, 1.807) is 17.9 Å². The van der Waals surface area contributed by atoms with Gasteiger partial charge in [0, 0.05) is 37.8 Å². The molecule has 0 saturated carbocycles. The van der Waals surface area contributed by atoms with E-state index in [0.717, 1.165) is 17.7 Å². The average molecular weight is 487 g/mol. The zero-order valence-electron chi connectivity index (χ0n) is 18.1. The molecule has 0 radical (unpaired) electrons. The summed E-state index contributed by atoms with van der Waals surface area (Å²) in [6.45, 7) is 2.75. The highest BCUT2D eigenvalue weighted by Crippen LogP contribution is 2.34. The molecule has 0 aliphatic carbocycles. The summed E-state index contributed by atoms with van der Waals surface area (Å²) in [6, 6.07) is 12.5. The first-order valence-corrected chi connectivity index (χ1v) is 12.7. The van der Waals surface area contributed by atoms with Gasteiger partial charge in [-0.05, 0) is 49.1 Å². The van der Waals surface area contributed by atoms with Crippen LogP contribution in [0.1, 0.15) is 24.3 Å². The molecule has 2 aliphatic rings. The van der Waals surface area contributed by atoms with Gasteiger partial charge in [-0.1, -0.05) is 35.0 Å². The number of aromatic nitrogens is 2. The Bertz CT molecular complexity index is 1320. The van der Waals surface area contributed by atoms with Gasteiger partial charge in [-0.25, -0.2) is 8.42 Å². The zero-order chi connectivity index (χ0) is 23.2. The van der Waals surface area contributed by atoms with Crippen molar-refractivity contribution in [3.05, 3.63) is 58.9 Å². The van der Waals surface area contributed by atoms with Crippen molar-refractivity contribution in [1.82, 2.24) is 14.4 Å². The summed E-state index contributed by atoms with van der Waals surface area (Å²) in [6.07, 6.45) is 2.07. The number of carbonyl (C=O) groups is 1. The second-order valence-corrected chi connectivity index (χ2v) is 10.7. The molecule has 0 spiro atoms. The third-order valence-electron chi connectivity index (χ3n) is 6.22. The Hall–Kier alpha value is -2.75. The van der Waals surface area contributed by atoms with Gasteiger partial charge < -0.3 is 9.42 Å². The molecule has 2 aromatic carbocycles. The van der Waals surface area contributed by atoms with Crippen LogP contribution < -0.4 is 4.90 Å². The van der Waals surface area contributed by atoms with Crippen molar-refractivity contribution < 1.29 is 17.7 Å². The minimum absolute atomic E-state index is 0.0243. The molecule has 5 rings (SSSR count). The number of hydrogen-bond donors (Lipinski definition) is 0. The lowest BCUT2D eigenvalue weighted by molar-refractivity contribution is -0.123. The Balaban J connectivity index is 1.40. The predicted octanol–water partition coefficient (Wildman–Crippen LogP) is 3.69. The van der Waals surface area contributed by atoms with Gasteiger partial charge in [0.1, 0.15) is 4.90 Å².